The second-order valence-electron chi connectivity index (χ2n) is 10.5. The van der Waals surface area contributed by atoms with Crippen molar-refractivity contribution in [3.8, 4) is 0 Å². The summed E-state index contributed by atoms with van der Waals surface area (Å²) < 4.78 is 0. The lowest BCUT2D eigenvalue weighted by Gasteiger charge is -2.23. The number of amides is 3. The van der Waals surface area contributed by atoms with Crippen molar-refractivity contribution >= 4 is 35.6 Å². The Labute approximate surface area is 266 Å². The summed E-state index contributed by atoms with van der Waals surface area (Å²) in [5, 5.41) is 23.8. The third-order valence-electron chi connectivity index (χ3n) is 6.96. The van der Waals surface area contributed by atoms with Crippen LogP contribution in [-0.2, 0) is 36.9 Å². The van der Waals surface area contributed by atoms with Gasteiger partial charge in [-0.05, 0) is 35.1 Å². The van der Waals surface area contributed by atoms with Gasteiger partial charge in [0.05, 0.1) is 12.3 Å². The summed E-state index contributed by atoms with van der Waals surface area (Å²) in [5.74, 6) is -4.74. The number of benzene rings is 3. The monoisotopic (exact) mass is 630 g/mol. The van der Waals surface area contributed by atoms with Gasteiger partial charge in [-0.1, -0.05) is 84.9 Å². The number of carboxylic acid groups (broad SMARTS) is 2. The highest BCUT2D eigenvalue weighted by atomic mass is 16.4. The summed E-state index contributed by atoms with van der Waals surface area (Å²) in [4.78, 5) is 66.4. The van der Waals surface area contributed by atoms with Crippen LogP contribution in [0.2, 0.25) is 0 Å². The first-order valence-corrected chi connectivity index (χ1v) is 14.6. The molecule has 0 spiro atoms. The molecule has 0 saturated carbocycles. The molecule has 0 heterocycles. The molecule has 0 radical (unpaired) electrons. The number of hydrogen-bond acceptors (Lipinski definition) is 6. The molecule has 13 heteroatoms. The van der Waals surface area contributed by atoms with Crippen molar-refractivity contribution in [1.82, 2.24) is 15.5 Å². The number of aliphatic imine (C=N–C) groups is 1. The molecule has 46 heavy (non-hydrogen) atoms. The van der Waals surface area contributed by atoms with Crippen LogP contribution in [0.4, 0.5) is 0 Å². The Morgan fingerprint density at radius 3 is 1.76 bits per heavy atom. The summed E-state index contributed by atoms with van der Waals surface area (Å²) >= 11 is 0. The third-order valence-corrected chi connectivity index (χ3v) is 6.96. The second kappa shape index (κ2) is 17.5. The number of nitrogens with zero attached hydrogens (tertiary/aromatic N) is 2. The van der Waals surface area contributed by atoms with Crippen molar-refractivity contribution in [2.45, 2.75) is 37.8 Å². The zero-order valence-corrected chi connectivity index (χ0v) is 25.2. The number of carbonyl (C=O) groups excluding carboxylic acids is 3. The maximum Gasteiger partial charge on any atom is 0.323 e. The van der Waals surface area contributed by atoms with Crippen molar-refractivity contribution in [1.29, 1.82) is 0 Å². The topological polar surface area (TPSA) is 218 Å². The Balaban J connectivity index is 1.69. The third kappa shape index (κ3) is 11.4. The second-order valence-corrected chi connectivity index (χ2v) is 10.5. The number of nitrogens with one attached hydrogen (secondary N) is 2. The number of nitrogens with two attached hydrogens (primary N) is 2. The number of carboxylic acids is 2. The molecule has 3 rings (SSSR count). The molecule has 1 atom stereocenters. The van der Waals surface area contributed by atoms with Gasteiger partial charge in [0.2, 0.25) is 17.7 Å². The molecular formula is C33H38N6O7. The smallest absolute Gasteiger partial charge is 0.323 e. The van der Waals surface area contributed by atoms with Gasteiger partial charge in [0, 0.05) is 13.1 Å². The summed E-state index contributed by atoms with van der Waals surface area (Å²) in [6, 6.07) is 24.3. The van der Waals surface area contributed by atoms with Gasteiger partial charge in [0.1, 0.15) is 19.1 Å². The number of aliphatic carboxylic acids is 2. The highest BCUT2D eigenvalue weighted by molar-refractivity contribution is 5.92. The van der Waals surface area contributed by atoms with E-state index in [-0.39, 0.29) is 37.8 Å². The summed E-state index contributed by atoms with van der Waals surface area (Å²) in [7, 11) is 0. The zero-order valence-electron chi connectivity index (χ0n) is 25.2. The molecule has 0 aliphatic heterocycles. The van der Waals surface area contributed by atoms with Crippen LogP contribution in [0.25, 0.3) is 0 Å². The summed E-state index contributed by atoms with van der Waals surface area (Å²) in [6.45, 7) is -1.05. The van der Waals surface area contributed by atoms with E-state index in [4.69, 9.17) is 21.7 Å². The number of carbonyl (C=O) groups is 5. The predicted molar refractivity (Wildman–Crippen MR) is 170 cm³/mol. The number of hydrogen-bond donors (Lipinski definition) is 6. The normalized spacial score (nSPS) is 11.2. The van der Waals surface area contributed by atoms with E-state index in [2.05, 4.69) is 15.6 Å². The molecule has 0 aliphatic carbocycles. The van der Waals surface area contributed by atoms with Crippen molar-refractivity contribution in [3.63, 3.8) is 0 Å². The van der Waals surface area contributed by atoms with Crippen LogP contribution in [0.3, 0.4) is 0 Å². The van der Waals surface area contributed by atoms with E-state index < -0.39 is 48.8 Å². The quantitative estimate of drug-likeness (QED) is 0.0716. The number of guanidine groups is 1. The average Bonchev–Trinajstić information content (AvgIpc) is 3.02. The Morgan fingerprint density at radius 2 is 1.26 bits per heavy atom. The lowest BCUT2D eigenvalue weighted by molar-refractivity contribution is -0.149. The molecule has 242 valence electrons. The van der Waals surface area contributed by atoms with E-state index in [0.29, 0.717) is 17.5 Å². The predicted octanol–water partition coefficient (Wildman–Crippen LogP) is 1.21. The fourth-order valence-corrected chi connectivity index (χ4v) is 4.75. The minimum atomic E-state index is -1.32. The van der Waals surface area contributed by atoms with Gasteiger partial charge in [-0.15, -0.1) is 0 Å². The van der Waals surface area contributed by atoms with Gasteiger partial charge in [-0.25, -0.2) is 0 Å². The first kappa shape index (κ1) is 34.8. The van der Waals surface area contributed by atoms with Crippen LogP contribution in [0.5, 0.6) is 0 Å². The Hall–Kier alpha value is -5.72. The summed E-state index contributed by atoms with van der Waals surface area (Å²) in [6.07, 6.45) is 0.511. The Kier molecular flexibility index (Phi) is 13.3. The fraction of sp³-hybridized carbons (Fsp3) is 0.273. The highest BCUT2D eigenvalue weighted by Gasteiger charge is 2.28. The summed E-state index contributed by atoms with van der Waals surface area (Å²) in [5.41, 5.74) is 13.7. The molecule has 0 saturated heterocycles. The van der Waals surface area contributed by atoms with Gasteiger partial charge in [0.25, 0.3) is 0 Å². The molecule has 3 amide bonds. The van der Waals surface area contributed by atoms with Crippen LogP contribution >= 0.6 is 0 Å². The largest absolute Gasteiger partial charge is 0.480 e. The lowest BCUT2D eigenvalue weighted by atomic mass is 9.90. The van der Waals surface area contributed by atoms with E-state index in [1.165, 1.54) is 0 Å². The van der Waals surface area contributed by atoms with Gasteiger partial charge >= 0.3 is 11.9 Å². The Bertz CT molecular complexity index is 1450. The average molecular weight is 631 g/mol. The molecule has 0 bridgehead atoms. The minimum Gasteiger partial charge on any atom is -0.480 e. The van der Waals surface area contributed by atoms with Gasteiger partial charge < -0.3 is 37.2 Å². The van der Waals surface area contributed by atoms with Gasteiger partial charge in [-0.2, -0.15) is 0 Å². The maximum absolute atomic E-state index is 13.7. The molecule has 0 unspecified atom stereocenters. The van der Waals surface area contributed by atoms with Crippen LogP contribution in [0.15, 0.2) is 89.9 Å². The van der Waals surface area contributed by atoms with E-state index in [9.17, 15) is 24.0 Å². The molecule has 0 fully saturated rings. The van der Waals surface area contributed by atoms with Crippen molar-refractivity contribution < 1.29 is 34.2 Å². The fourth-order valence-electron chi connectivity index (χ4n) is 4.75. The van der Waals surface area contributed by atoms with Crippen molar-refractivity contribution in [2.75, 3.05) is 19.6 Å². The van der Waals surface area contributed by atoms with E-state index in [1.807, 2.05) is 60.7 Å². The molecule has 0 aromatic heterocycles. The minimum absolute atomic E-state index is 0.0696. The van der Waals surface area contributed by atoms with Gasteiger partial charge in [-0.3, -0.25) is 29.0 Å². The molecule has 8 N–H and O–H groups in total. The van der Waals surface area contributed by atoms with E-state index in [0.717, 1.165) is 16.0 Å². The first-order chi connectivity index (χ1) is 22.0. The zero-order chi connectivity index (χ0) is 33.5. The highest BCUT2D eigenvalue weighted by Crippen LogP contribution is 2.25. The van der Waals surface area contributed by atoms with Crippen LogP contribution in [0, 0.1) is 0 Å². The van der Waals surface area contributed by atoms with Crippen LogP contribution in [-0.4, -0.2) is 76.4 Å². The van der Waals surface area contributed by atoms with Crippen molar-refractivity contribution in [3.05, 3.63) is 107 Å². The van der Waals surface area contributed by atoms with E-state index in [1.54, 1.807) is 24.3 Å². The Morgan fingerprint density at radius 1 is 0.739 bits per heavy atom. The molecule has 3 aromatic carbocycles. The van der Waals surface area contributed by atoms with E-state index >= 15 is 0 Å². The molecule has 3 aromatic rings. The standard InChI is InChI=1S/C33H38N6O7/c34-33(35)36-17-7-12-26(38-32(46)30(24-8-3-1-4-9-24)25-10-5-2-6-11-25)31(45)37-19-23-15-13-22(14-16-23)18-27(40)39(20-28(41)42)21-29(43)44/h1-6,8-11,13-16,26,30H,7,12,17-21H2,(H,37,45)(H,38,46)(H,41,42)(H,43,44)(H4,34,35,36)/t26-/m1/s1. The lowest BCUT2D eigenvalue weighted by Crippen LogP contribution is -2.48. The first-order valence-electron chi connectivity index (χ1n) is 14.6. The number of rotatable bonds is 17. The van der Waals surface area contributed by atoms with Crippen LogP contribution < -0.4 is 22.1 Å². The van der Waals surface area contributed by atoms with Crippen LogP contribution in [0.1, 0.15) is 41.0 Å². The molecule has 0 aliphatic rings. The molecule has 13 nitrogen and oxygen atoms in total. The van der Waals surface area contributed by atoms with Gasteiger partial charge in [0.15, 0.2) is 5.96 Å². The SMILES string of the molecule is NC(N)=NCCC[C@@H](NC(=O)C(c1ccccc1)c1ccccc1)C(=O)NCc1ccc(CC(=O)N(CC(=O)O)CC(=O)O)cc1. The maximum atomic E-state index is 13.7. The molecular weight excluding hydrogens is 592 g/mol. The van der Waals surface area contributed by atoms with Crippen molar-refractivity contribution in [2.24, 2.45) is 16.5 Å².